The third-order valence-corrected chi connectivity index (χ3v) is 2.55. The van der Waals surface area contributed by atoms with Crippen molar-refractivity contribution in [2.24, 2.45) is 0 Å². The maximum absolute atomic E-state index is 11.7. The molecule has 4 nitrogen and oxygen atoms in total. The molecule has 0 unspecified atom stereocenters. The highest BCUT2D eigenvalue weighted by Gasteiger charge is 2.07. The first-order valence-corrected chi connectivity index (χ1v) is 5.30. The van der Waals surface area contributed by atoms with Crippen LogP contribution in [0.1, 0.15) is 5.69 Å². The van der Waals surface area contributed by atoms with E-state index >= 15 is 0 Å². The van der Waals surface area contributed by atoms with E-state index in [9.17, 15) is 4.79 Å². The van der Waals surface area contributed by atoms with Crippen molar-refractivity contribution < 1.29 is 0 Å². The van der Waals surface area contributed by atoms with E-state index in [1.165, 1.54) is 4.68 Å². The molecule has 1 aromatic carbocycles. The number of H-pyrrole nitrogens is 1. The number of aromatic amines is 1. The number of nitrogens with one attached hydrogen (secondary N) is 2. The van der Waals surface area contributed by atoms with Crippen LogP contribution in [-0.4, -0.2) is 16.8 Å². The van der Waals surface area contributed by atoms with Crippen molar-refractivity contribution in [1.82, 2.24) is 15.1 Å². The summed E-state index contributed by atoms with van der Waals surface area (Å²) >= 11 is 6.02. The number of benzene rings is 1. The molecule has 0 bridgehead atoms. The van der Waals surface area contributed by atoms with Gasteiger partial charge in [-0.25, -0.2) is 4.68 Å². The Morgan fingerprint density at radius 1 is 1.44 bits per heavy atom. The highest BCUT2D eigenvalue weighted by atomic mass is 35.5. The Hall–Kier alpha value is -1.52. The molecule has 16 heavy (non-hydrogen) atoms. The fraction of sp³-hybridized carbons (Fsp3) is 0.182. The van der Waals surface area contributed by atoms with Gasteiger partial charge in [-0.3, -0.25) is 9.89 Å². The van der Waals surface area contributed by atoms with Crippen LogP contribution >= 0.6 is 11.6 Å². The van der Waals surface area contributed by atoms with Crippen molar-refractivity contribution in [2.75, 3.05) is 7.05 Å². The monoisotopic (exact) mass is 237 g/mol. The van der Waals surface area contributed by atoms with E-state index in [2.05, 4.69) is 10.4 Å². The molecule has 0 spiro atoms. The fourth-order valence-corrected chi connectivity index (χ4v) is 1.76. The molecular weight excluding hydrogens is 226 g/mol. The van der Waals surface area contributed by atoms with Crippen LogP contribution in [0.25, 0.3) is 5.69 Å². The summed E-state index contributed by atoms with van der Waals surface area (Å²) in [6, 6.07) is 8.77. The van der Waals surface area contributed by atoms with E-state index in [0.29, 0.717) is 17.3 Å². The molecule has 1 heterocycles. The standard InChI is InChI=1S/C11H12ClN3O/c1-13-7-8-6-11(16)15(14-8)10-5-3-2-4-9(10)12/h2-6,13-14H,7H2,1H3. The molecule has 0 aliphatic heterocycles. The van der Waals surface area contributed by atoms with Crippen LogP contribution in [-0.2, 0) is 6.54 Å². The summed E-state index contributed by atoms with van der Waals surface area (Å²) in [6.45, 7) is 0.618. The molecule has 2 rings (SSSR count). The molecule has 0 amide bonds. The van der Waals surface area contributed by atoms with Crippen LogP contribution in [0.15, 0.2) is 35.1 Å². The normalized spacial score (nSPS) is 10.6. The SMILES string of the molecule is CNCc1cc(=O)n(-c2ccccc2Cl)[nH]1. The van der Waals surface area contributed by atoms with Crippen LogP contribution in [0, 0.1) is 0 Å². The minimum absolute atomic E-state index is 0.113. The van der Waals surface area contributed by atoms with Crippen molar-refractivity contribution >= 4 is 11.6 Å². The molecule has 0 radical (unpaired) electrons. The molecule has 1 aromatic heterocycles. The number of nitrogens with zero attached hydrogens (tertiary/aromatic N) is 1. The van der Waals surface area contributed by atoms with Gasteiger partial charge in [0, 0.05) is 12.6 Å². The Bertz CT molecular complexity index is 544. The fourth-order valence-electron chi connectivity index (χ4n) is 1.54. The second-order valence-electron chi connectivity index (χ2n) is 3.44. The quantitative estimate of drug-likeness (QED) is 0.851. The van der Waals surface area contributed by atoms with Gasteiger partial charge in [-0.2, -0.15) is 0 Å². The summed E-state index contributed by atoms with van der Waals surface area (Å²) < 4.78 is 1.44. The van der Waals surface area contributed by atoms with Gasteiger partial charge < -0.3 is 5.32 Å². The predicted molar refractivity (Wildman–Crippen MR) is 64.2 cm³/mol. The van der Waals surface area contributed by atoms with E-state index in [1.54, 1.807) is 18.2 Å². The second kappa shape index (κ2) is 4.55. The molecule has 5 heteroatoms. The molecule has 84 valence electrons. The Balaban J connectivity index is 2.48. The molecular formula is C11H12ClN3O. The maximum Gasteiger partial charge on any atom is 0.271 e. The van der Waals surface area contributed by atoms with Crippen LogP contribution in [0.4, 0.5) is 0 Å². The van der Waals surface area contributed by atoms with Crippen molar-refractivity contribution in [3.05, 3.63) is 51.4 Å². The first-order valence-electron chi connectivity index (χ1n) is 4.93. The van der Waals surface area contributed by atoms with Gasteiger partial charge in [0.05, 0.1) is 16.4 Å². The minimum Gasteiger partial charge on any atom is -0.314 e. The lowest BCUT2D eigenvalue weighted by Gasteiger charge is -2.03. The van der Waals surface area contributed by atoms with Crippen LogP contribution < -0.4 is 10.9 Å². The predicted octanol–water partition coefficient (Wildman–Crippen LogP) is 1.54. The zero-order chi connectivity index (χ0) is 11.5. The smallest absolute Gasteiger partial charge is 0.271 e. The number of para-hydroxylation sites is 1. The molecule has 0 aliphatic rings. The van der Waals surface area contributed by atoms with Gasteiger partial charge in [0.25, 0.3) is 5.56 Å². The molecule has 0 saturated heterocycles. The molecule has 2 N–H and O–H groups in total. The van der Waals surface area contributed by atoms with E-state index in [-0.39, 0.29) is 5.56 Å². The molecule has 0 aliphatic carbocycles. The van der Waals surface area contributed by atoms with Crippen LogP contribution in [0.3, 0.4) is 0 Å². The Kier molecular flexibility index (Phi) is 3.12. The number of halogens is 1. The van der Waals surface area contributed by atoms with Gasteiger partial charge >= 0.3 is 0 Å². The molecule has 0 saturated carbocycles. The largest absolute Gasteiger partial charge is 0.314 e. The first kappa shape index (κ1) is 11.0. The number of rotatable bonds is 3. The highest BCUT2D eigenvalue weighted by molar-refractivity contribution is 6.32. The van der Waals surface area contributed by atoms with Gasteiger partial charge in [0.2, 0.25) is 0 Å². The maximum atomic E-state index is 11.7. The zero-order valence-corrected chi connectivity index (χ0v) is 9.58. The van der Waals surface area contributed by atoms with Gasteiger partial charge in [-0.1, -0.05) is 23.7 Å². The summed E-state index contributed by atoms with van der Waals surface area (Å²) in [5.41, 5.74) is 1.38. The number of hydrogen-bond donors (Lipinski definition) is 2. The summed E-state index contributed by atoms with van der Waals surface area (Å²) in [6.07, 6.45) is 0. The Labute approximate surface area is 97.8 Å². The molecule has 0 fully saturated rings. The first-order chi connectivity index (χ1) is 7.72. The van der Waals surface area contributed by atoms with Crippen molar-refractivity contribution in [3.8, 4) is 5.69 Å². The minimum atomic E-state index is -0.113. The van der Waals surface area contributed by atoms with Crippen molar-refractivity contribution in [3.63, 3.8) is 0 Å². The van der Waals surface area contributed by atoms with Crippen LogP contribution in [0.5, 0.6) is 0 Å². The summed E-state index contributed by atoms with van der Waals surface area (Å²) in [5, 5.41) is 6.51. The van der Waals surface area contributed by atoms with Gasteiger partial charge in [0.15, 0.2) is 0 Å². The Morgan fingerprint density at radius 3 is 2.88 bits per heavy atom. The van der Waals surface area contributed by atoms with Gasteiger partial charge in [-0.05, 0) is 19.2 Å². The van der Waals surface area contributed by atoms with E-state index < -0.39 is 0 Å². The van der Waals surface area contributed by atoms with Crippen molar-refractivity contribution in [2.45, 2.75) is 6.54 Å². The third kappa shape index (κ3) is 2.03. The lowest BCUT2D eigenvalue weighted by atomic mass is 10.3. The van der Waals surface area contributed by atoms with Gasteiger partial charge in [-0.15, -0.1) is 0 Å². The van der Waals surface area contributed by atoms with E-state index in [4.69, 9.17) is 11.6 Å². The van der Waals surface area contributed by atoms with Crippen molar-refractivity contribution in [1.29, 1.82) is 0 Å². The summed E-state index contributed by atoms with van der Waals surface area (Å²) in [4.78, 5) is 11.7. The number of hydrogen-bond acceptors (Lipinski definition) is 2. The highest BCUT2D eigenvalue weighted by Crippen LogP contribution is 2.17. The third-order valence-electron chi connectivity index (χ3n) is 2.23. The van der Waals surface area contributed by atoms with Gasteiger partial charge in [0.1, 0.15) is 0 Å². The molecule has 0 atom stereocenters. The summed E-state index contributed by atoms with van der Waals surface area (Å²) in [5.74, 6) is 0. The lowest BCUT2D eigenvalue weighted by molar-refractivity contribution is 0.751. The van der Waals surface area contributed by atoms with Crippen LogP contribution in [0.2, 0.25) is 5.02 Å². The second-order valence-corrected chi connectivity index (χ2v) is 3.84. The summed E-state index contributed by atoms with van der Waals surface area (Å²) in [7, 11) is 1.82. The average molecular weight is 238 g/mol. The average Bonchev–Trinajstić information content (AvgIpc) is 2.61. The Morgan fingerprint density at radius 2 is 2.19 bits per heavy atom. The van der Waals surface area contributed by atoms with E-state index in [0.717, 1.165) is 5.69 Å². The molecule has 2 aromatic rings. The van der Waals surface area contributed by atoms with E-state index in [1.807, 2.05) is 19.2 Å². The number of aromatic nitrogens is 2. The topological polar surface area (TPSA) is 49.8 Å². The zero-order valence-electron chi connectivity index (χ0n) is 8.83. The lowest BCUT2D eigenvalue weighted by Crippen LogP contribution is -2.13.